The number of anilines is 2. The summed E-state index contributed by atoms with van der Waals surface area (Å²) in [5.41, 5.74) is 3.87. The van der Waals surface area contributed by atoms with Crippen molar-refractivity contribution in [3.63, 3.8) is 0 Å². The first-order chi connectivity index (χ1) is 17.2. The highest BCUT2D eigenvalue weighted by atomic mass is 16.4. The first kappa shape index (κ1) is 22.6. The lowest BCUT2D eigenvalue weighted by Gasteiger charge is -2.38. The molecule has 6 nitrogen and oxygen atoms in total. The van der Waals surface area contributed by atoms with E-state index < -0.39 is 0 Å². The minimum atomic E-state index is -0.257. The molecule has 6 rings (SSSR count). The number of nitrogens with one attached hydrogen (secondary N) is 1. The van der Waals surface area contributed by atoms with E-state index >= 15 is 0 Å². The second-order valence-corrected chi connectivity index (χ2v) is 10.5. The Morgan fingerprint density at radius 1 is 0.943 bits per heavy atom. The van der Waals surface area contributed by atoms with Crippen LogP contribution in [0.5, 0.6) is 0 Å². The number of hydrogen-bond donors (Lipinski definition) is 2. The summed E-state index contributed by atoms with van der Waals surface area (Å²) in [6.45, 7) is 5.82. The van der Waals surface area contributed by atoms with Gasteiger partial charge in [-0.1, -0.05) is 48.5 Å². The number of aliphatic hydroxyl groups excluding tert-OH is 1. The van der Waals surface area contributed by atoms with E-state index in [2.05, 4.69) is 44.4 Å². The number of benzene rings is 2. The van der Waals surface area contributed by atoms with Crippen LogP contribution in [-0.2, 0) is 0 Å². The predicted molar refractivity (Wildman–Crippen MR) is 140 cm³/mol. The molecular formula is C29H36N4O2. The van der Waals surface area contributed by atoms with Crippen molar-refractivity contribution in [2.45, 2.75) is 37.7 Å². The second-order valence-electron chi connectivity index (χ2n) is 10.5. The van der Waals surface area contributed by atoms with Crippen LogP contribution in [0.25, 0.3) is 11.3 Å². The van der Waals surface area contributed by atoms with Crippen molar-refractivity contribution in [1.29, 1.82) is 0 Å². The summed E-state index contributed by atoms with van der Waals surface area (Å²) in [5, 5.41) is 14.6. The summed E-state index contributed by atoms with van der Waals surface area (Å²) in [7, 11) is 0. The number of para-hydroxylation sites is 1. The topological polar surface area (TPSA) is 64.8 Å². The number of hydrogen-bond acceptors (Lipinski definition) is 6. The largest absolute Gasteiger partial charge is 0.423 e. The monoisotopic (exact) mass is 472 g/mol. The van der Waals surface area contributed by atoms with Crippen molar-refractivity contribution < 1.29 is 9.52 Å². The Morgan fingerprint density at radius 3 is 2.49 bits per heavy atom. The van der Waals surface area contributed by atoms with Gasteiger partial charge in [-0.05, 0) is 62.2 Å². The molecule has 0 spiro atoms. The van der Waals surface area contributed by atoms with E-state index in [0.29, 0.717) is 17.9 Å². The number of aliphatic hydroxyl groups is 1. The average Bonchev–Trinajstić information content (AvgIpc) is 3.58. The standard InChI is InChI=1S/C29H36N4O2/c34-27(20-32-14-10-21(11-15-32)25-18-30-26-9-5-4-8-24(25)26)22-12-16-33(17-13-22)29-31-19-28(35-29)23-6-2-1-3-7-23/h1-9,19,21-22,25,27,30,34H,10-18,20H2. The first-order valence-corrected chi connectivity index (χ1v) is 13.2. The van der Waals surface area contributed by atoms with Crippen molar-refractivity contribution in [2.24, 2.45) is 11.8 Å². The maximum absolute atomic E-state index is 11.0. The van der Waals surface area contributed by atoms with Crippen LogP contribution in [0.1, 0.15) is 37.2 Å². The molecule has 2 unspecified atom stereocenters. The van der Waals surface area contributed by atoms with Crippen LogP contribution < -0.4 is 10.2 Å². The van der Waals surface area contributed by atoms with E-state index in [4.69, 9.17) is 4.42 Å². The third-order valence-electron chi connectivity index (χ3n) is 8.43. The molecule has 6 heteroatoms. The van der Waals surface area contributed by atoms with Gasteiger partial charge in [-0.2, -0.15) is 0 Å². The Bertz CT molecular complexity index is 1100. The van der Waals surface area contributed by atoms with Crippen LogP contribution >= 0.6 is 0 Å². The first-order valence-electron chi connectivity index (χ1n) is 13.2. The van der Waals surface area contributed by atoms with Gasteiger partial charge in [0.1, 0.15) is 0 Å². The van der Waals surface area contributed by atoms with Crippen molar-refractivity contribution in [2.75, 3.05) is 49.5 Å². The van der Waals surface area contributed by atoms with Crippen molar-refractivity contribution in [3.8, 4) is 11.3 Å². The lowest BCUT2D eigenvalue weighted by atomic mass is 9.81. The number of β-amino-alcohol motifs (C(OH)–C–C–N with tert-alkyl or cyclic N) is 1. The smallest absolute Gasteiger partial charge is 0.297 e. The number of fused-ring (bicyclic) bond motifs is 1. The fraction of sp³-hybridized carbons (Fsp3) is 0.483. The maximum Gasteiger partial charge on any atom is 0.297 e. The fourth-order valence-electron chi connectivity index (χ4n) is 6.31. The van der Waals surface area contributed by atoms with Crippen LogP contribution in [0.4, 0.5) is 11.7 Å². The normalized spacial score (nSPS) is 22.7. The van der Waals surface area contributed by atoms with Crippen LogP contribution in [-0.4, -0.2) is 60.4 Å². The molecule has 0 saturated carbocycles. The Hall–Kier alpha value is -2.83. The van der Waals surface area contributed by atoms with Gasteiger partial charge in [-0.25, -0.2) is 4.98 Å². The van der Waals surface area contributed by atoms with Crippen molar-refractivity contribution >= 4 is 11.7 Å². The average molecular weight is 473 g/mol. The molecule has 0 amide bonds. The van der Waals surface area contributed by atoms with Gasteiger partial charge >= 0.3 is 0 Å². The molecule has 2 atom stereocenters. The molecule has 2 N–H and O–H groups in total. The summed E-state index contributed by atoms with van der Waals surface area (Å²) in [4.78, 5) is 9.22. The van der Waals surface area contributed by atoms with E-state index in [0.717, 1.165) is 69.4 Å². The van der Waals surface area contributed by atoms with Gasteiger partial charge in [0.2, 0.25) is 0 Å². The summed E-state index contributed by atoms with van der Waals surface area (Å²) in [6, 6.07) is 19.6. The van der Waals surface area contributed by atoms with Gasteiger partial charge in [0, 0.05) is 43.3 Å². The highest BCUT2D eigenvalue weighted by Crippen LogP contribution is 2.40. The summed E-state index contributed by atoms with van der Waals surface area (Å²) in [5.74, 6) is 2.53. The zero-order chi connectivity index (χ0) is 23.6. The molecule has 0 aliphatic carbocycles. The molecule has 1 aromatic heterocycles. The molecule has 0 radical (unpaired) electrons. The van der Waals surface area contributed by atoms with E-state index in [9.17, 15) is 5.11 Å². The van der Waals surface area contributed by atoms with Crippen LogP contribution in [0.3, 0.4) is 0 Å². The Morgan fingerprint density at radius 2 is 1.69 bits per heavy atom. The van der Waals surface area contributed by atoms with Gasteiger partial charge in [0.25, 0.3) is 6.01 Å². The Labute approximate surface area is 208 Å². The molecule has 35 heavy (non-hydrogen) atoms. The lowest BCUT2D eigenvalue weighted by Crippen LogP contribution is -2.45. The van der Waals surface area contributed by atoms with Gasteiger partial charge in [0.05, 0.1) is 12.3 Å². The fourth-order valence-corrected chi connectivity index (χ4v) is 6.31. The lowest BCUT2D eigenvalue weighted by molar-refractivity contribution is 0.0393. The number of aromatic nitrogens is 1. The number of likely N-dealkylation sites (tertiary alicyclic amines) is 1. The van der Waals surface area contributed by atoms with E-state index in [1.54, 1.807) is 0 Å². The third-order valence-corrected chi connectivity index (χ3v) is 8.43. The summed E-state index contributed by atoms with van der Waals surface area (Å²) >= 11 is 0. The zero-order valence-corrected chi connectivity index (χ0v) is 20.4. The van der Waals surface area contributed by atoms with Crippen LogP contribution in [0, 0.1) is 11.8 Å². The van der Waals surface area contributed by atoms with Crippen molar-refractivity contribution in [1.82, 2.24) is 9.88 Å². The molecule has 184 valence electrons. The SMILES string of the molecule is OC(CN1CCC(C2CNc3ccccc32)CC1)C1CCN(c2ncc(-c3ccccc3)o2)CC1. The van der Waals surface area contributed by atoms with Gasteiger partial charge in [0.15, 0.2) is 5.76 Å². The number of rotatable bonds is 6. The molecule has 0 bridgehead atoms. The molecular weight excluding hydrogens is 436 g/mol. The highest BCUT2D eigenvalue weighted by molar-refractivity contribution is 5.58. The Balaban J connectivity index is 0.968. The van der Waals surface area contributed by atoms with Gasteiger partial charge < -0.3 is 24.6 Å². The minimum absolute atomic E-state index is 0.257. The van der Waals surface area contributed by atoms with E-state index in [-0.39, 0.29) is 6.10 Å². The van der Waals surface area contributed by atoms with Crippen LogP contribution in [0.2, 0.25) is 0 Å². The molecule has 3 aliphatic rings. The highest BCUT2D eigenvalue weighted by Gasteiger charge is 2.34. The van der Waals surface area contributed by atoms with E-state index in [1.165, 1.54) is 24.1 Å². The van der Waals surface area contributed by atoms with E-state index in [1.807, 2.05) is 36.5 Å². The van der Waals surface area contributed by atoms with Gasteiger partial charge in [-0.3, -0.25) is 0 Å². The number of oxazole rings is 1. The molecule has 2 aromatic carbocycles. The van der Waals surface area contributed by atoms with Crippen molar-refractivity contribution in [3.05, 3.63) is 66.4 Å². The maximum atomic E-state index is 11.0. The zero-order valence-electron chi connectivity index (χ0n) is 20.4. The molecule has 3 aliphatic heterocycles. The Kier molecular flexibility index (Phi) is 6.49. The third kappa shape index (κ3) is 4.82. The second kappa shape index (κ2) is 10.0. The van der Waals surface area contributed by atoms with Gasteiger partial charge in [-0.15, -0.1) is 0 Å². The number of nitrogens with zero attached hydrogens (tertiary/aromatic N) is 3. The summed E-state index contributed by atoms with van der Waals surface area (Å²) < 4.78 is 6.04. The predicted octanol–water partition coefficient (Wildman–Crippen LogP) is 4.84. The molecule has 2 saturated heterocycles. The molecule has 4 heterocycles. The quantitative estimate of drug-likeness (QED) is 0.535. The molecule has 3 aromatic rings. The molecule has 2 fully saturated rings. The minimum Gasteiger partial charge on any atom is -0.423 e. The summed E-state index contributed by atoms with van der Waals surface area (Å²) in [6.07, 6.45) is 5.96. The number of piperidine rings is 2. The van der Waals surface area contributed by atoms with Crippen LogP contribution in [0.15, 0.2) is 65.2 Å².